The molecule has 0 spiro atoms. The van der Waals surface area contributed by atoms with Crippen LogP contribution in [-0.4, -0.2) is 32.2 Å². The Kier molecular flexibility index (Phi) is 6.13. The summed E-state index contributed by atoms with van der Waals surface area (Å²) < 4.78 is 40.0. The van der Waals surface area contributed by atoms with Crippen molar-refractivity contribution in [1.29, 1.82) is 0 Å². The average Bonchev–Trinajstić information content (AvgIpc) is 2.51. The van der Waals surface area contributed by atoms with Crippen molar-refractivity contribution < 1.29 is 17.6 Å². The molecule has 0 aliphatic carbocycles. The number of likely N-dealkylation sites (N-methyl/N-ethyl adjacent to an activating group) is 1. The molecule has 0 atom stereocenters. The number of sulfonamides is 1. The molecule has 1 amide bonds. The number of benzene rings is 2. The van der Waals surface area contributed by atoms with Gasteiger partial charge in [-0.3, -0.25) is 4.79 Å². The van der Waals surface area contributed by atoms with Crippen molar-refractivity contribution in [2.45, 2.75) is 4.90 Å². The van der Waals surface area contributed by atoms with Gasteiger partial charge in [-0.2, -0.15) is 4.31 Å². The number of rotatable bonds is 5. The number of nitrogens with one attached hydrogen (secondary N) is 1. The van der Waals surface area contributed by atoms with Gasteiger partial charge < -0.3 is 5.32 Å². The van der Waals surface area contributed by atoms with E-state index in [2.05, 4.69) is 37.2 Å². The van der Waals surface area contributed by atoms with Crippen molar-refractivity contribution in [3.63, 3.8) is 0 Å². The molecule has 1 N–H and O–H groups in total. The van der Waals surface area contributed by atoms with E-state index in [0.29, 0.717) is 10.2 Å². The predicted octanol–water partition coefficient (Wildman–Crippen LogP) is 3.61. The second kappa shape index (κ2) is 7.73. The molecule has 2 rings (SSSR count). The van der Waals surface area contributed by atoms with Crippen LogP contribution in [0.3, 0.4) is 0 Å². The van der Waals surface area contributed by atoms with E-state index >= 15 is 0 Å². The zero-order valence-electron chi connectivity index (χ0n) is 12.5. The van der Waals surface area contributed by atoms with Crippen LogP contribution in [0.25, 0.3) is 0 Å². The molecule has 9 heteroatoms. The Bertz CT molecular complexity index is 858. The second-order valence-corrected chi connectivity index (χ2v) is 8.70. The van der Waals surface area contributed by atoms with E-state index in [0.717, 1.165) is 33.0 Å². The first-order chi connectivity index (χ1) is 11.2. The summed E-state index contributed by atoms with van der Waals surface area (Å²) in [6.45, 7) is -0.376. The largest absolute Gasteiger partial charge is 0.324 e. The van der Waals surface area contributed by atoms with Gasteiger partial charge in [0.2, 0.25) is 15.9 Å². The summed E-state index contributed by atoms with van der Waals surface area (Å²) in [5.41, 5.74) is 0.516. The summed E-state index contributed by atoms with van der Waals surface area (Å²) >= 11 is 6.60. The average molecular weight is 480 g/mol. The smallest absolute Gasteiger partial charge is 0.243 e. The lowest BCUT2D eigenvalue weighted by atomic mass is 10.3. The minimum atomic E-state index is -3.88. The molecule has 0 aromatic heterocycles. The zero-order chi connectivity index (χ0) is 17.9. The predicted molar refractivity (Wildman–Crippen MR) is 96.7 cm³/mol. The fraction of sp³-hybridized carbons (Fsp3) is 0.133. The molecule has 0 saturated carbocycles. The van der Waals surface area contributed by atoms with Crippen LogP contribution in [0.15, 0.2) is 56.3 Å². The molecule has 24 heavy (non-hydrogen) atoms. The topological polar surface area (TPSA) is 66.5 Å². The van der Waals surface area contributed by atoms with Crippen LogP contribution >= 0.6 is 31.9 Å². The monoisotopic (exact) mass is 478 g/mol. The minimum Gasteiger partial charge on any atom is -0.324 e. The van der Waals surface area contributed by atoms with Crippen LogP contribution in [0.1, 0.15) is 0 Å². The van der Waals surface area contributed by atoms with Crippen molar-refractivity contribution in [2.75, 3.05) is 18.9 Å². The van der Waals surface area contributed by atoms with Gasteiger partial charge in [0, 0.05) is 16.0 Å². The number of carbonyl (C=O) groups excluding carboxylic acids is 1. The van der Waals surface area contributed by atoms with Gasteiger partial charge in [-0.15, -0.1) is 0 Å². The Morgan fingerprint density at radius 3 is 2.42 bits per heavy atom. The molecule has 0 unspecified atom stereocenters. The van der Waals surface area contributed by atoms with E-state index in [-0.39, 0.29) is 11.4 Å². The Morgan fingerprint density at radius 1 is 1.17 bits per heavy atom. The van der Waals surface area contributed by atoms with Crippen LogP contribution in [0.4, 0.5) is 10.1 Å². The van der Waals surface area contributed by atoms with E-state index in [1.54, 1.807) is 18.2 Å². The molecule has 2 aromatic carbocycles. The second-order valence-electron chi connectivity index (χ2n) is 4.89. The lowest BCUT2D eigenvalue weighted by Crippen LogP contribution is -2.35. The quantitative estimate of drug-likeness (QED) is 0.712. The first-order valence-electron chi connectivity index (χ1n) is 6.67. The van der Waals surface area contributed by atoms with Crippen molar-refractivity contribution in [2.24, 2.45) is 0 Å². The summed E-state index contributed by atoms with van der Waals surface area (Å²) in [4.78, 5) is 12.0. The number of nitrogens with zero attached hydrogens (tertiary/aromatic N) is 1. The van der Waals surface area contributed by atoms with E-state index in [9.17, 15) is 17.6 Å². The highest BCUT2D eigenvalue weighted by Crippen LogP contribution is 2.26. The summed E-state index contributed by atoms with van der Waals surface area (Å²) in [5, 5.41) is 2.63. The molecule has 2 aromatic rings. The SMILES string of the molecule is CN(CC(=O)Nc1cc(Br)ccc1Br)S(=O)(=O)c1ccc(F)cc1. The molecular formula is C15H13Br2FN2O3S. The molecule has 0 fully saturated rings. The highest BCUT2D eigenvalue weighted by molar-refractivity contribution is 9.11. The third-order valence-corrected chi connectivity index (χ3v) is 6.09. The van der Waals surface area contributed by atoms with Gasteiger partial charge in [-0.25, -0.2) is 12.8 Å². The van der Waals surface area contributed by atoms with Crippen LogP contribution in [0.2, 0.25) is 0 Å². The molecule has 0 aliphatic heterocycles. The Balaban J connectivity index is 2.10. The molecule has 0 bridgehead atoms. The van der Waals surface area contributed by atoms with Crippen molar-refractivity contribution in [1.82, 2.24) is 4.31 Å². The minimum absolute atomic E-state index is 0.0807. The molecule has 128 valence electrons. The number of carbonyl (C=O) groups is 1. The Hall–Kier alpha value is -1.29. The number of anilines is 1. The standard InChI is InChI=1S/C15H13Br2FN2O3S/c1-20(24(22,23)12-5-3-11(18)4-6-12)9-15(21)19-14-8-10(16)2-7-13(14)17/h2-8H,9H2,1H3,(H,19,21). The van der Waals surface area contributed by atoms with E-state index < -0.39 is 21.7 Å². The number of hydrogen-bond acceptors (Lipinski definition) is 3. The van der Waals surface area contributed by atoms with Crippen molar-refractivity contribution >= 4 is 53.5 Å². The van der Waals surface area contributed by atoms with Crippen LogP contribution < -0.4 is 5.32 Å². The lowest BCUT2D eigenvalue weighted by molar-refractivity contribution is -0.116. The van der Waals surface area contributed by atoms with Crippen LogP contribution in [-0.2, 0) is 14.8 Å². The third-order valence-electron chi connectivity index (χ3n) is 3.09. The number of amides is 1. The molecule has 0 radical (unpaired) electrons. The highest BCUT2D eigenvalue weighted by atomic mass is 79.9. The maximum atomic E-state index is 12.9. The van der Waals surface area contributed by atoms with Gasteiger partial charge in [0.05, 0.1) is 17.1 Å². The van der Waals surface area contributed by atoms with Crippen LogP contribution in [0, 0.1) is 5.82 Å². The lowest BCUT2D eigenvalue weighted by Gasteiger charge is -2.17. The summed E-state index contributed by atoms with van der Waals surface area (Å²) in [6.07, 6.45) is 0. The van der Waals surface area contributed by atoms with Crippen LogP contribution in [0.5, 0.6) is 0 Å². The Labute approximate surface area is 156 Å². The third kappa shape index (κ3) is 4.62. The van der Waals surface area contributed by atoms with Gasteiger partial charge in [0.25, 0.3) is 0 Å². The van der Waals surface area contributed by atoms with Gasteiger partial charge in [0.1, 0.15) is 5.82 Å². The van der Waals surface area contributed by atoms with Crippen molar-refractivity contribution in [3.8, 4) is 0 Å². The first kappa shape index (κ1) is 19.0. The highest BCUT2D eigenvalue weighted by Gasteiger charge is 2.23. The van der Waals surface area contributed by atoms with Gasteiger partial charge in [-0.05, 0) is 58.4 Å². The van der Waals surface area contributed by atoms with Gasteiger partial charge >= 0.3 is 0 Å². The first-order valence-corrected chi connectivity index (χ1v) is 9.69. The fourth-order valence-electron chi connectivity index (χ4n) is 1.86. The Morgan fingerprint density at radius 2 is 1.79 bits per heavy atom. The maximum Gasteiger partial charge on any atom is 0.243 e. The number of halogens is 3. The zero-order valence-corrected chi connectivity index (χ0v) is 16.5. The molecule has 0 saturated heterocycles. The van der Waals surface area contributed by atoms with E-state index in [1.165, 1.54) is 7.05 Å². The van der Waals surface area contributed by atoms with E-state index in [1.807, 2.05) is 0 Å². The fourth-order valence-corrected chi connectivity index (χ4v) is 3.69. The molecule has 0 aliphatic rings. The normalized spacial score (nSPS) is 11.5. The molecule has 0 heterocycles. The molecular weight excluding hydrogens is 467 g/mol. The summed E-state index contributed by atoms with van der Waals surface area (Å²) in [5.74, 6) is -1.03. The maximum absolute atomic E-state index is 12.9. The number of hydrogen-bond donors (Lipinski definition) is 1. The summed E-state index contributed by atoms with van der Waals surface area (Å²) in [6, 6.07) is 9.66. The summed E-state index contributed by atoms with van der Waals surface area (Å²) in [7, 11) is -2.59. The van der Waals surface area contributed by atoms with Gasteiger partial charge in [0.15, 0.2) is 0 Å². The molecule has 5 nitrogen and oxygen atoms in total. The van der Waals surface area contributed by atoms with E-state index in [4.69, 9.17) is 0 Å². The van der Waals surface area contributed by atoms with Gasteiger partial charge in [-0.1, -0.05) is 15.9 Å². The van der Waals surface area contributed by atoms with Crippen molar-refractivity contribution in [3.05, 3.63) is 57.2 Å².